The summed E-state index contributed by atoms with van der Waals surface area (Å²) in [7, 11) is 1.06. The molecule has 3 aromatic carbocycles. The molecule has 0 atom stereocenters. The van der Waals surface area contributed by atoms with E-state index in [1.165, 1.54) is 12.1 Å². The monoisotopic (exact) mass is 632 g/mol. The number of ether oxygens (including phenoxy) is 2. The number of amides is 2. The molecule has 0 aliphatic rings. The van der Waals surface area contributed by atoms with Crippen LogP contribution in [0.3, 0.4) is 0 Å². The smallest absolute Gasteiger partial charge is 0.435 e. The molecule has 0 aliphatic heterocycles. The fourth-order valence-corrected chi connectivity index (χ4v) is 3.85. The number of benzene rings is 3. The van der Waals surface area contributed by atoms with Gasteiger partial charge in [-0.25, -0.2) is 8.78 Å². The van der Waals surface area contributed by atoms with Gasteiger partial charge in [-0.2, -0.15) is 35.1 Å². The maximum absolute atomic E-state index is 14.6. The quantitative estimate of drug-likeness (QED) is 0.248. The lowest BCUT2D eigenvalue weighted by Gasteiger charge is -2.31. The van der Waals surface area contributed by atoms with Crippen molar-refractivity contribution in [2.75, 3.05) is 17.7 Å². The number of hydrogen-bond acceptors (Lipinski definition) is 4. The largest absolute Gasteiger partial charge is 0.494 e. The van der Waals surface area contributed by atoms with E-state index < -0.39 is 69.9 Å². The van der Waals surface area contributed by atoms with Gasteiger partial charge >= 0.3 is 24.6 Å². The number of carbonyl (C=O) groups excluding carboxylic acids is 2. The Hall–Kier alpha value is -4.21. The minimum Gasteiger partial charge on any atom is -0.494 e. The Labute approximate surface area is 234 Å². The highest BCUT2D eigenvalue weighted by Gasteiger charge is 2.73. The highest BCUT2D eigenvalue weighted by Crippen LogP contribution is 2.55. The summed E-state index contributed by atoms with van der Waals surface area (Å²) < 4.78 is 142. The molecule has 3 aromatic rings. The maximum Gasteiger partial charge on any atom is 0.435 e. The number of methoxy groups -OCH3 is 1. The van der Waals surface area contributed by atoms with Crippen molar-refractivity contribution in [3.63, 3.8) is 0 Å². The van der Waals surface area contributed by atoms with E-state index in [1.54, 1.807) is 0 Å². The Morgan fingerprint density at radius 3 is 1.98 bits per heavy atom. The molecular formula is C25H15ClF10N2O4. The SMILES string of the molecule is COc1c(NC(=O)c2ccc(F)cc2)cccc1C(=O)Nc1c(Cl)cc(C(F)(C(F)(F)F)C(F)(F)F)cc1OC(F)F. The predicted octanol–water partition coefficient (Wildman–Crippen LogP) is 7.88. The average Bonchev–Trinajstić information content (AvgIpc) is 2.88. The molecule has 226 valence electrons. The Morgan fingerprint density at radius 2 is 1.45 bits per heavy atom. The number of anilines is 2. The van der Waals surface area contributed by atoms with Gasteiger partial charge in [0.05, 0.1) is 23.4 Å². The Balaban J connectivity index is 2.04. The van der Waals surface area contributed by atoms with Crippen molar-refractivity contribution in [2.24, 2.45) is 0 Å². The van der Waals surface area contributed by atoms with Crippen LogP contribution >= 0.6 is 11.6 Å². The van der Waals surface area contributed by atoms with Crippen LogP contribution in [0.1, 0.15) is 26.3 Å². The molecule has 0 bridgehead atoms. The zero-order valence-corrected chi connectivity index (χ0v) is 21.3. The van der Waals surface area contributed by atoms with Crippen LogP contribution in [0.25, 0.3) is 0 Å². The van der Waals surface area contributed by atoms with Crippen LogP contribution in [0.4, 0.5) is 55.3 Å². The van der Waals surface area contributed by atoms with E-state index in [9.17, 15) is 53.5 Å². The first-order valence-electron chi connectivity index (χ1n) is 11.1. The Kier molecular flexibility index (Phi) is 9.19. The van der Waals surface area contributed by atoms with E-state index in [1.807, 2.05) is 5.32 Å². The normalized spacial score (nSPS) is 12.2. The molecule has 2 N–H and O–H groups in total. The van der Waals surface area contributed by atoms with E-state index in [0.717, 1.165) is 37.4 Å². The fraction of sp³-hybridized carbons (Fsp3) is 0.200. The second-order valence-corrected chi connectivity index (χ2v) is 8.57. The van der Waals surface area contributed by atoms with E-state index in [2.05, 4.69) is 10.1 Å². The second kappa shape index (κ2) is 12.0. The first-order chi connectivity index (χ1) is 19.4. The highest BCUT2D eigenvalue weighted by molar-refractivity contribution is 6.34. The van der Waals surface area contributed by atoms with E-state index in [4.69, 9.17) is 16.3 Å². The van der Waals surface area contributed by atoms with Crippen LogP contribution in [0.2, 0.25) is 5.02 Å². The van der Waals surface area contributed by atoms with Crippen molar-refractivity contribution in [3.05, 3.63) is 82.1 Å². The number of para-hydroxylation sites is 1. The lowest BCUT2D eigenvalue weighted by molar-refractivity contribution is -0.348. The fourth-order valence-electron chi connectivity index (χ4n) is 3.59. The Bertz CT molecular complexity index is 1460. The summed E-state index contributed by atoms with van der Waals surface area (Å²) in [6.45, 7) is -3.86. The number of alkyl halides is 9. The summed E-state index contributed by atoms with van der Waals surface area (Å²) >= 11 is 5.75. The van der Waals surface area contributed by atoms with Crippen molar-refractivity contribution in [3.8, 4) is 11.5 Å². The van der Waals surface area contributed by atoms with Crippen LogP contribution in [-0.2, 0) is 5.67 Å². The molecule has 2 amide bonds. The molecule has 0 unspecified atom stereocenters. The standard InChI is InChI=1S/C25H15ClF10N2O4/c1-41-19-14(3-2-4-16(19)37-20(39)11-5-7-13(27)8-6-11)21(40)38-18-15(26)9-12(10-17(18)42-22(28)29)23(30,24(31,32)33)25(34,35)36/h2-10,22H,1H3,(H,37,39)(H,38,40). The molecule has 0 saturated carbocycles. The lowest BCUT2D eigenvalue weighted by atomic mass is 9.93. The summed E-state index contributed by atoms with van der Waals surface area (Å²) in [5, 5.41) is 3.06. The lowest BCUT2D eigenvalue weighted by Crippen LogP contribution is -2.50. The summed E-state index contributed by atoms with van der Waals surface area (Å²) in [5.74, 6) is -4.56. The summed E-state index contributed by atoms with van der Waals surface area (Å²) in [6, 6.07) is 7.36. The molecular weight excluding hydrogens is 618 g/mol. The third kappa shape index (κ3) is 6.48. The van der Waals surface area contributed by atoms with Gasteiger partial charge in [0.25, 0.3) is 11.8 Å². The molecule has 17 heteroatoms. The molecule has 6 nitrogen and oxygen atoms in total. The van der Waals surface area contributed by atoms with Gasteiger partial charge in [-0.05, 0) is 48.5 Å². The first kappa shape index (κ1) is 32.3. The van der Waals surface area contributed by atoms with Gasteiger partial charge in [-0.3, -0.25) is 9.59 Å². The molecule has 0 spiro atoms. The minimum atomic E-state index is -6.60. The van der Waals surface area contributed by atoms with Gasteiger partial charge in [0.2, 0.25) is 0 Å². The second-order valence-electron chi connectivity index (χ2n) is 8.17. The van der Waals surface area contributed by atoms with Crippen LogP contribution in [0, 0.1) is 5.82 Å². The van der Waals surface area contributed by atoms with Gasteiger partial charge in [0, 0.05) is 11.1 Å². The molecule has 0 heterocycles. The van der Waals surface area contributed by atoms with E-state index in [-0.39, 0.29) is 29.1 Å². The number of nitrogens with one attached hydrogen (secondary N) is 2. The van der Waals surface area contributed by atoms with Gasteiger partial charge in [0.1, 0.15) is 11.5 Å². The molecule has 3 rings (SSSR count). The van der Waals surface area contributed by atoms with Gasteiger partial charge in [0.15, 0.2) is 11.5 Å². The predicted molar refractivity (Wildman–Crippen MR) is 128 cm³/mol. The van der Waals surface area contributed by atoms with Crippen molar-refractivity contribution in [1.82, 2.24) is 0 Å². The van der Waals surface area contributed by atoms with Crippen molar-refractivity contribution >= 4 is 34.8 Å². The van der Waals surface area contributed by atoms with Crippen molar-refractivity contribution < 1.29 is 63.0 Å². The third-order valence-electron chi connectivity index (χ3n) is 5.51. The third-order valence-corrected chi connectivity index (χ3v) is 5.80. The zero-order valence-electron chi connectivity index (χ0n) is 20.6. The Morgan fingerprint density at radius 1 is 0.857 bits per heavy atom. The van der Waals surface area contributed by atoms with Crippen LogP contribution < -0.4 is 20.1 Å². The molecule has 0 radical (unpaired) electrons. The number of hydrogen-bond donors (Lipinski definition) is 2. The van der Waals surface area contributed by atoms with Crippen LogP contribution in [0.5, 0.6) is 11.5 Å². The number of rotatable bonds is 8. The number of carbonyl (C=O) groups is 2. The van der Waals surface area contributed by atoms with Crippen molar-refractivity contribution in [2.45, 2.75) is 24.6 Å². The summed E-state index contributed by atoms with van der Waals surface area (Å²) in [6.07, 6.45) is -13.2. The first-order valence-corrected chi connectivity index (χ1v) is 11.4. The molecule has 42 heavy (non-hydrogen) atoms. The molecule has 0 aliphatic carbocycles. The zero-order chi connectivity index (χ0) is 31.6. The van der Waals surface area contributed by atoms with Crippen molar-refractivity contribution in [1.29, 1.82) is 0 Å². The van der Waals surface area contributed by atoms with E-state index in [0.29, 0.717) is 0 Å². The molecule has 0 saturated heterocycles. The van der Waals surface area contributed by atoms with Gasteiger partial charge in [-0.15, -0.1) is 0 Å². The topological polar surface area (TPSA) is 76.7 Å². The van der Waals surface area contributed by atoms with Gasteiger partial charge < -0.3 is 20.1 Å². The average molecular weight is 633 g/mol. The minimum absolute atomic E-state index is 0.00405. The van der Waals surface area contributed by atoms with Crippen LogP contribution in [-0.4, -0.2) is 37.9 Å². The van der Waals surface area contributed by atoms with Gasteiger partial charge in [-0.1, -0.05) is 17.7 Å². The summed E-state index contributed by atoms with van der Waals surface area (Å²) in [5.41, 5.74) is -9.92. The molecule has 0 fully saturated rings. The molecule has 0 aromatic heterocycles. The highest BCUT2D eigenvalue weighted by atomic mass is 35.5. The summed E-state index contributed by atoms with van der Waals surface area (Å²) in [4.78, 5) is 25.6. The van der Waals surface area contributed by atoms with Crippen LogP contribution in [0.15, 0.2) is 54.6 Å². The number of halogens is 11. The maximum atomic E-state index is 14.6. The van der Waals surface area contributed by atoms with E-state index >= 15 is 0 Å².